The predicted molar refractivity (Wildman–Crippen MR) is 47.6 cm³/mol. The first-order valence-corrected chi connectivity index (χ1v) is 5.25. The summed E-state index contributed by atoms with van der Waals surface area (Å²) in [4.78, 5) is 6.56. The average molecular weight is 238 g/mol. The van der Waals surface area contributed by atoms with Crippen LogP contribution < -0.4 is 10.5 Å². The number of alkyl halides is 2. The Morgan fingerprint density at radius 1 is 1.40 bits per heavy atom. The highest BCUT2D eigenvalue weighted by atomic mass is 32.2. The van der Waals surface area contributed by atoms with Gasteiger partial charge in [0.05, 0.1) is 18.9 Å². The summed E-state index contributed by atoms with van der Waals surface area (Å²) in [5.41, 5.74) is 5.13. The van der Waals surface area contributed by atoms with Gasteiger partial charge in [-0.15, -0.1) is 0 Å². The van der Waals surface area contributed by atoms with Crippen molar-refractivity contribution in [3.05, 3.63) is 12.4 Å². The topological polar surface area (TPSA) is 98.0 Å². The lowest BCUT2D eigenvalue weighted by atomic mass is 10.7. The maximum absolute atomic E-state index is 11.8. The van der Waals surface area contributed by atoms with E-state index in [4.69, 9.17) is 5.73 Å². The van der Waals surface area contributed by atoms with Crippen LogP contribution in [0.5, 0.6) is 0 Å². The summed E-state index contributed by atoms with van der Waals surface area (Å²) < 4.78 is 47.8. The number of nitrogen functional groups attached to an aromatic ring is 1. The lowest BCUT2D eigenvalue weighted by molar-refractivity contribution is 0.153. The van der Waals surface area contributed by atoms with Crippen LogP contribution in [0.25, 0.3) is 0 Å². The van der Waals surface area contributed by atoms with E-state index in [0.29, 0.717) is 0 Å². The van der Waals surface area contributed by atoms with Gasteiger partial charge in [-0.1, -0.05) is 0 Å². The zero-order chi connectivity index (χ0) is 11.5. The lowest BCUT2D eigenvalue weighted by Gasteiger charge is -2.04. The highest BCUT2D eigenvalue weighted by Gasteiger charge is 2.16. The third-order valence-electron chi connectivity index (χ3n) is 1.39. The van der Waals surface area contributed by atoms with Crippen molar-refractivity contribution in [2.75, 3.05) is 12.3 Å². The monoisotopic (exact) mass is 238 g/mol. The van der Waals surface area contributed by atoms with Gasteiger partial charge in [-0.2, -0.15) is 0 Å². The van der Waals surface area contributed by atoms with E-state index >= 15 is 0 Å². The van der Waals surface area contributed by atoms with Gasteiger partial charge < -0.3 is 5.73 Å². The maximum atomic E-state index is 11.8. The second-order valence-electron chi connectivity index (χ2n) is 2.52. The fourth-order valence-electron chi connectivity index (χ4n) is 0.721. The molecule has 0 bridgehead atoms. The Morgan fingerprint density at radius 2 is 1.93 bits per heavy atom. The van der Waals surface area contributed by atoms with Crippen molar-refractivity contribution in [3.8, 4) is 0 Å². The van der Waals surface area contributed by atoms with Gasteiger partial charge in [0.25, 0.3) is 6.43 Å². The molecule has 0 spiro atoms. The van der Waals surface area contributed by atoms with Gasteiger partial charge in [0.1, 0.15) is 4.90 Å². The Bertz CT molecular complexity index is 419. The van der Waals surface area contributed by atoms with Gasteiger partial charge in [-0.3, -0.25) is 0 Å². The summed E-state index contributed by atoms with van der Waals surface area (Å²) in [5, 5.41) is 0. The molecule has 1 aromatic heterocycles. The van der Waals surface area contributed by atoms with Gasteiger partial charge in [-0.05, 0) is 0 Å². The van der Waals surface area contributed by atoms with Gasteiger partial charge in [0.2, 0.25) is 16.0 Å². The second-order valence-corrected chi connectivity index (χ2v) is 4.29. The number of hydrogen-bond donors (Lipinski definition) is 2. The van der Waals surface area contributed by atoms with Gasteiger partial charge in [-0.25, -0.2) is 31.9 Å². The summed E-state index contributed by atoms with van der Waals surface area (Å²) in [6, 6.07) is 0. The van der Waals surface area contributed by atoms with Gasteiger partial charge in [0.15, 0.2) is 0 Å². The van der Waals surface area contributed by atoms with Crippen LogP contribution in [-0.4, -0.2) is 31.4 Å². The summed E-state index contributed by atoms with van der Waals surface area (Å²) in [6.45, 7) is -0.952. The van der Waals surface area contributed by atoms with Crippen LogP contribution in [-0.2, 0) is 10.0 Å². The molecule has 0 aliphatic heterocycles. The van der Waals surface area contributed by atoms with E-state index in [9.17, 15) is 17.2 Å². The Labute approximate surface area is 84.6 Å². The zero-order valence-electron chi connectivity index (χ0n) is 7.39. The normalized spacial score (nSPS) is 11.9. The largest absolute Gasteiger partial charge is 0.368 e. The minimum Gasteiger partial charge on any atom is -0.368 e. The molecule has 0 atom stereocenters. The van der Waals surface area contributed by atoms with Crippen LogP contribution in [0.4, 0.5) is 14.7 Å². The van der Waals surface area contributed by atoms with E-state index < -0.39 is 23.0 Å². The Balaban J connectivity index is 2.82. The first kappa shape index (κ1) is 11.7. The molecule has 0 fully saturated rings. The van der Waals surface area contributed by atoms with E-state index in [2.05, 4.69) is 9.97 Å². The van der Waals surface area contributed by atoms with Crippen molar-refractivity contribution in [2.45, 2.75) is 11.3 Å². The van der Waals surface area contributed by atoms with E-state index in [1.54, 1.807) is 4.72 Å². The number of halogens is 2. The van der Waals surface area contributed by atoms with Crippen molar-refractivity contribution >= 4 is 16.0 Å². The molecule has 0 radical (unpaired) electrons. The highest BCUT2D eigenvalue weighted by Crippen LogP contribution is 2.06. The quantitative estimate of drug-likeness (QED) is 0.743. The van der Waals surface area contributed by atoms with Crippen molar-refractivity contribution in [1.82, 2.24) is 14.7 Å². The molecule has 1 heterocycles. The molecule has 0 aromatic carbocycles. The van der Waals surface area contributed by atoms with E-state index in [0.717, 1.165) is 12.4 Å². The molecular weight excluding hydrogens is 230 g/mol. The zero-order valence-corrected chi connectivity index (χ0v) is 8.21. The molecule has 0 saturated heterocycles. The molecular formula is C6H8F2N4O2S. The van der Waals surface area contributed by atoms with Crippen molar-refractivity contribution in [2.24, 2.45) is 0 Å². The third kappa shape index (κ3) is 3.36. The van der Waals surface area contributed by atoms with Crippen molar-refractivity contribution in [1.29, 1.82) is 0 Å². The molecule has 84 valence electrons. The first-order valence-electron chi connectivity index (χ1n) is 3.77. The van der Waals surface area contributed by atoms with Gasteiger partial charge >= 0.3 is 0 Å². The number of hydrogen-bond acceptors (Lipinski definition) is 5. The molecule has 15 heavy (non-hydrogen) atoms. The first-order chi connectivity index (χ1) is 6.92. The smallest absolute Gasteiger partial charge is 0.251 e. The number of rotatable bonds is 4. The standard InChI is InChI=1S/C6H8F2N4O2S/c7-5(8)3-12-15(13,14)4-1-10-6(9)11-2-4/h1-2,5,12H,3H2,(H2,9,10,11). The van der Waals surface area contributed by atoms with Crippen LogP contribution in [0.2, 0.25) is 0 Å². The number of sulfonamides is 1. The third-order valence-corrected chi connectivity index (χ3v) is 2.76. The number of nitrogens with one attached hydrogen (secondary N) is 1. The predicted octanol–water partition coefficient (Wildman–Crippen LogP) is -0.398. The molecule has 0 saturated carbocycles. The highest BCUT2D eigenvalue weighted by molar-refractivity contribution is 7.89. The van der Waals surface area contributed by atoms with Gasteiger partial charge in [0, 0.05) is 0 Å². The van der Waals surface area contributed by atoms with Crippen LogP contribution in [0, 0.1) is 0 Å². The number of aromatic nitrogens is 2. The molecule has 3 N–H and O–H groups in total. The van der Waals surface area contributed by atoms with Crippen LogP contribution in [0.3, 0.4) is 0 Å². The summed E-state index contributed by atoms with van der Waals surface area (Å²) in [7, 11) is -3.98. The summed E-state index contributed by atoms with van der Waals surface area (Å²) in [6.07, 6.45) is -0.874. The maximum Gasteiger partial charge on any atom is 0.251 e. The summed E-state index contributed by atoms with van der Waals surface area (Å²) in [5.74, 6) is -0.0946. The molecule has 0 amide bonds. The fraction of sp³-hybridized carbons (Fsp3) is 0.333. The summed E-state index contributed by atoms with van der Waals surface area (Å²) >= 11 is 0. The molecule has 0 unspecified atom stereocenters. The van der Waals surface area contributed by atoms with Crippen LogP contribution >= 0.6 is 0 Å². The SMILES string of the molecule is Nc1ncc(S(=O)(=O)NCC(F)F)cn1. The molecule has 1 aromatic rings. The average Bonchev–Trinajstić information content (AvgIpc) is 2.16. The molecule has 6 nitrogen and oxygen atoms in total. The van der Waals surface area contributed by atoms with Crippen LogP contribution in [0.1, 0.15) is 0 Å². The molecule has 1 rings (SSSR count). The van der Waals surface area contributed by atoms with E-state index in [1.807, 2.05) is 0 Å². The van der Waals surface area contributed by atoms with Crippen LogP contribution in [0.15, 0.2) is 17.3 Å². The minimum absolute atomic E-state index is 0.0946. The Hall–Kier alpha value is -1.35. The Morgan fingerprint density at radius 3 is 2.40 bits per heavy atom. The molecule has 0 aliphatic carbocycles. The second kappa shape index (κ2) is 4.45. The molecule has 0 aliphatic rings. The number of nitrogens with zero attached hydrogens (tertiary/aromatic N) is 2. The minimum atomic E-state index is -3.98. The molecule has 9 heteroatoms. The van der Waals surface area contributed by atoms with E-state index in [-0.39, 0.29) is 10.8 Å². The Kier molecular flexibility index (Phi) is 3.48. The fourth-order valence-corrected chi connectivity index (χ4v) is 1.62. The number of anilines is 1. The van der Waals surface area contributed by atoms with E-state index in [1.165, 1.54) is 0 Å². The van der Waals surface area contributed by atoms with Crippen molar-refractivity contribution < 1.29 is 17.2 Å². The lowest BCUT2D eigenvalue weighted by Crippen LogP contribution is -2.28. The number of nitrogens with two attached hydrogens (primary N) is 1. The van der Waals surface area contributed by atoms with Crippen molar-refractivity contribution in [3.63, 3.8) is 0 Å².